The Morgan fingerprint density at radius 2 is 1.45 bits per heavy atom. The summed E-state index contributed by atoms with van der Waals surface area (Å²) < 4.78 is 0. The monoisotopic (exact) mass is 370 g/mol. The summed E-state index contributed by atoms with van der Waals surface area (Å²) in [5, 5.41) is 9.49. The minimum atomic E-state index is -0.179. The van der Waals surface area contributed by atoms with Gasteiger partial charge in [-0.05, 0) is 11.6 Å². The molecule has 106 valence electrons. The van der Waals surface area contributed by atoms with Crippen LogP contribution < -0.4 is 5.73 Å². The molecule has 0 atom stereocenters. The van der Waals surface area contributed by atoms with Crippen LogP contribution in [-0.4, -0.2) is 10.1 Å². The van der Waals surface area contributed by atoms with Crippen LogP contribution in [-0.2, 0) is 6.61 Å². The van der Waals surface area contributed by atoms with E-state index in [1.54, 1.807) is 6.07 Å². The summed E-state index contributed by atoms with van der Waals surface area (Å²) in [6, 6.07) is 1.56. The summed E-state index contributed by atoms with van der Waals surface area (Å²) in [4.78, 5) is 4.14. The quantitative estimate of drug-likeness (QED) is 0.570. The Hall–Kier alpha value is -0.420. The van der Waals surface area contributed by atoms with E-state index < -0.39 is 0 Å². The van der Waals surface area contributed by atoms with Crippen LogP contribution >= 0.6 is 58.0 Å². The number of aliphatic hydroxyl groups is 1. The molecule has 0 aliphatic heterocycles. The molecule has 0 aliphatic rings. The lowest BCUT2D eigenvalue weighted by Gasteiger charge is -2.14. The van der Waals surface area contributed by atoms with Gasteiger partial charge in [0.15, 0.2) is 0 Å². The van der Waals surface area contributed by atoms with Gasteiger partial charge in [0.2, 0.25) is 0 Å². The maximum Gasteiger partial charge on any atom is 0.0962 e. The third-order valence-corrected chi connectivity index (χ3v) is 4.88. The number of pyridine rings is 1. The SMILES string of the molecule is Nc1cc(CO)cnc1-c1c(Cl)c(Cl)c(Cl)c(Cl)c1Cl. The predicted octanol–water partition coefficient (Wildman–Crippen LogP) is 5.09. The fourth-order valence-electron chi connectivity index (χ4n) is 1.64. The second-order valence-electron chi connectivity index (χ2n) is 3.88. The van der Waals surface area contributed by atoms with Crippen molar-refractivity contribution in [1.82, 2.24) is 4.98 Å². The zero-order valence-electron chi connectivity index (χ0n) is 9.72. The van der Waals surface area contributed by atoms with Gasteiger partial charge < -0.3 is 10.8 Å². The van der Waals surface area contributed by atoms with Crippen LogP contribution in [0.4, 0.5) is 5.69 Å². The normalized spacial score (nSPS) is 10.9. The van der Waals surface area contributed by atoms with Gasteiger partial charge in [0, 0.05) is 11.8 Å². The lowest BCUT2D eigenvalue weighted by atomic mass is 10.1. The predicted molar refractivity (Wildman–Crippen MR) is 85.1 cm³/mol. The first kappa shape index (κ1) is 16.0. The molecular formula is C12H7Cl5N2O. The summed E-state index contributed by atoms with van der Waals surface area (Å²) in [6.07, 6.45) is 1.45. The minimum Gasteiger partial charge on any atom is -0.397 e. The number of benzene rings is 1. The first-order valence-corrected chi connectivity index (χ1v) is 7.14. The Labute approximate surface area is 140 Å². The van der Waals surface area contributed by atoms with Gasteiger partial charge in [-0.25, -0.2) is 0 Å². The van der Waals surface area contributed by atoms with Crippen molar-refractivity contribution >= 4 is 63.7 Å². The number of aromatic nitrogens is 1. The van der Waals surface area contributed by atoms with E-state index in [2.05, 4.69) is 4.98 Å². The summed E-state index contributed by atoms with van der Waals surface area (Å²) in [5.74, 6) is 0. The molecule has 2 rings (SSSR count). The molecule has 0 spiro atoms. The van der Waals surface area contributed by atoms with Crippen LogP contribution in [0.5, 0.6) is 0 Å². The molecule has 0 radical (unpaired) electrons. The molecular weight excluding hydrogens is 365 g/mol. The van der Waals surface area contributed by atoms with E-state index in [9.17, 15) is 0 Å². The van der Waals surface area contributed by atoms with Crippen LogP contribution in [0.15, 0.2) is 12.3 Å². The number of halogens is 5. The standard InChI is InChI=1S/C12H7Cl5N2O/c13-7-6(8(14)10(16)11(17)9(7)15)12-5(18)1-4(3-20)2-19-12/h1-2,20H,3,18H2. The molecule has 0 amide bonds. The maximum absolute atomic E-state index is 9.05. The molecule has 8 heteroatoms. The highest BCUT2D eigenvalue weighted by atomic mass is 35.5. The molecule has 3 N–H and O–H groups in total. The molecule has 1 aromatic carbocycles. The van der Waals surface area contributed by atoms with Crippen LogP contribution in [0.3, 0.4) is 0 Å². The van der Waals surface area contributed by atoms with E-state index in [-0.39, 0.29) is 37.4 Å². The van der Waals surface area contributed by atoms with Crippen molar-refractivity contribution < 1.29 is 5.11 Å². The van der Waals surface area contributed by atoms with Gasteiger partial charge in [-0.1, -0.05) is 58.0 Å². The number of aliphatic hydroxyl groups excluding tert-OH is 1. The van der Waals surface area contributed by atoms with Gasteiger partial charge >= 0.3 is 0 Å². The Morgan fingerprint density at radius 1 is 0.950 bits per heavy atom. The summed E-state index contributed by atoms with van der Waals surface area (Å²) in [7, 11) is 0. The molecule has 0 fully saturated rings. The average molecular weight is 372 g/mol. The fraction of sp³-hybridized carbons (Fsp3) is 0.0833. The van der Waals surface area contributed by atoms with E-state index >= 15 is 0 Å². The molecule has 0 aliphatic carbocycles. The summed E-state index contributed by atoms with van der Waals surface area (Å²) >= 11 is 30.2. The van der Waals surface area contributed by atoms with E-state index in [0.717, 1.165) is 0 Å². The number of anilines is 1. The van der Waals surface area contributed by atoms with Crippen molar-refractivity contribution in [2.45, 2.75) is 6.61 Å². The number of nitrogens with zero attached hydrogens (tertiary/aromatic N) is 1. The average Bonchev–Trinajstić information content (AvgIpc) is 2.44. The highest BCUT2D eigenvalue weighted by Gasteiger charge is 2.22. The van der Waals surface area contributed by atoms with E-state index in [4.69, 9.17) is 68.8 Å². The zero-order valence-corrected chi connectivity index (χ0v) is 13.5. The van der Waals surface area contributed by atoms with Crippen LogP contribution in [0.2, 0.25) is 25.1 Å². The molecule has 0 saturated carbocycles. The second kappa shape index (κ2) is 6.14. The smallest absolute Gasteiger partial charge is 0.0962 e. The summed E-state index contributed by atoms with van der Waals surface area (Å²) in [6.45, 7) is -0.179. The van der Waals surface area contributed by atoms with Crippen molar-refractivity contribution in [1.29, 1.82) is 0 Å². The van der Waals surface area contributed by atoms with Crippen molar-refractivity contribution in [3.8, 4) is 11.3 Å². The van der Waals surface area contributed by atoms with Crippen molar-refractivity contribution in [3.63, 3.8) is 0 Å². The van der Waals surface area contributed by atoms with Crippen LogP contribution in [0.1, 0.15) is 5.56 Å². The molecule has 1 aromatic heterocycles. The van der Waals surface area contributed by atoms with Crippen molar-refractivity contribution in [3.05, 3.63) is 42.9 Å². The first-order chi connectivity index (χ1) is 9.38. The van der Waals surface area contributed by atoms with Gasteiger partial charge in [-0.15, -0.1) is 0 Å². The lowest BCUT2D eigenvalue weighted by molar-refractivity contribution is 0.281. The Kier molecular flexibility index (Phi) is 4.90. The minimum absolute atomic E-state index is 0.0673. The Balaban J connectivity index is 2.76. The molecule has 20 heavy (non-hydrogen) atoms. The fourth-order valence-corrected chi connectivity index (χ4v) is 2.95. The molecule has 1 heterocycles. The molecule has 2 aromatic rings. The molecule has 0 saturated heterocycles. The second-order valence-corrected chi connectivity index (χ2v) is 5.77. The van der Waals surface area contributed by atoms with Gasteiger partial charge in [-0.3, -0.25) is 4.98 Å². The topological polar surface area (TPSA) is 59.1 Å². The maximum atomic E-state index is 9.05. The molecule has 0 unspecified atom stereocenters. The zero-order chi connectivity index (χ0) is 15.0. The lowest BCUT2D eigenvalue weighted by Crippen LogP contribution is -1.98. The largest absolute Gasteiger partial charge is 0.397 e. The van der Waals surface area contributed by atoms with Crippen LogP contribution in [0.25, 0.3) is 11.3 Å². The number of hydrogen-bond donors (Lipinski definition) is 2. The van der Waals surface area contributed by atoms with Crippen LogP contribution in [0, 0.1) is 0 Å². The van der Waals surface area contributed by atoms with Gasteiger partial charge in [-0.2, -0.15) is 0 Å². The third-order valence-electron chi connectivity index (χ3n) is 2.60. The number of nitrogens with two attached hydrogens (primary N) is 1. The molecule has 0 bridgehead atoms. The Morgan fingerprint density at radius 3 is 1.90 bits per heavy atom. The van der Waals surface area contributed by atoms with Crippen molar-refractivity contribution in [2.75, 3.05) is 5.73 Å². The number of hydrogen-bond acceptors (Lipinski definition) is 3. The van der Waals surface area contributed by atoms with E-state index in [1.165, 1.54) is 6.20 Å². The number of nitrogen functional groups attached to an aromatic ring is 1. The highest BCUT2D eigenvalue weighted by Crippen LogP contribution is 2.48. The summed E-state index contributed by atoms with van der Waals surface area (Å²) in [5.41, 5.74) is 7.36. The van der Waals surface area contributed by atoms with Gasteiger partial charge in [0.05, 0.1) is 43.1 Å². The highest BCUT2D eigenvalue weighted by molar-refractivity contribution is 6.56. The number of rotatable bonds is 2. The van der Waals surface area contributed by atoms with Gasteiger partial charge in [0.1, 0.15) is 0 Å². The third kappa shape index (κ3) is 2.67. The van der Waals surface area contributed by atoms with Crippen molar-refractivity contribution in [2.24, 2.45) is 0 Å². The Bertz CT molecular complexity index is 661. The molecule has 3 nitrogen and oxygen atoms in total. The van der Waals surface area contributed by atoms with Gasteiger partial charge in [0.25, 0.3) is 0 Å². The van der Waals surface area contributed by atoms with E-state index in [1.807, 2.05) is 0 Å². The van der Waals surface area contributed by atoms with E-state index in [0.29, 0.717) is 16.8 Å². The first-order valence-electron chi connectivity index (χ1n) is 5.25.